The van der Waals surface area contributed by atoms with Crippen LogP contribution in [-0.2, 0) is 4.79 Å². The second-order valence-corrected chi connectivity index (χ2v) is 8.84. The summed E-state index contributed by atoms with van der Waals surface area (Å²) in [7, 11) is 0. The van der Waals surface area contributed by atoms with Gasteiger partial charge < -0.3 is 0 Å². The van der Waals surface area contributed by atoms with E-state index in [-0.39, 0.29) is 29.6 Å². The summed E-state index contributed by atoms with van der Waals surface area (Å²) in [5.41, 5.74) is 4.11. The van der Waals surface area contributed by atoms with Crippen LogP contribution in [0, 0.1) is 5.92 Å². The zero-order chi connectivity index (χ0) is 19.5. The molecule has 3 aliphatic rings. The molecular formula is C24H18N2O2S. The number of aliphatic imine (C=N–C) groups is 1. The van der Waals surface area contributed by atoms with Crippen LogP contribution in [0.4, 0.5) is 11.4 Å². The minimum absolute atomic E-state index is 0.0392. The summed E-state index contributed by atoms with van der Waals surface area (Å²) in [5.74, 6) is -0.0711. The fraction of sp³-hybridized carbons (Fsp3) is 0.208. The lowest BCUT2D eigenvalue weighted by Crippen LogP contribution is -2.41. The van der Waals surface area contributed by atoms with Crippen molar-refractivity contribution in [2.75, 3.05) is 4.90 Å². The molecule has 1 fully saturated rings. The molecule has 1 aromatic heterocycles. The smallest absolute Gasteiger partial charge is 0.259 e. The number of thiophene rings is 1. The number of para-hydroxylation sites is 2. The molecule has 1 saturated carbocycles. The highest BCUT2D eigenvalue weighted by molar-refractivity contribution is 7.10. The largest absolute Gasteiger partial charge is 0.299 e. The first-order valence-electron chi connectivity index (χ1n) is 9.87. The van der Waals surface area contributed by atoms with Gasteiger partial charge in [-0.2, -0.15) is 0 Å². The van der Waals surface area contributed by atoms with Gasteiger partial charge in [-0.05, 0) is 41.6 Å². The molecule has 3 heterocycles. The van der Waals surface area contributed by atoms with Crippen molar-refractivity contribution in [3.8, 4) is 0 Å². The second kappa shape index (κ2) is 6.22. The van der Waals surface area contributed by atoms with Crippen molar-refractivity contribution in [1.29, 1.82) is 0 Å². The van der Waals surface area contributed by atoms with Gasteiger partial charge in [0.1, 0.15) is 5.78 Å². The number of carbonyl (C=O) groups is 2. The number of amides is 1. The van der Waals surface area contributed by atoms with Gasteiger partial charge in [-0.15, -0.1) is 11.3 Å². The molecule has 3 atom stereocenters. The topological polar surface area (TPSA) is 49.7 Å². The van der Waals surface area contributed by atoms with Crippen molar-refractivity contribution in [2.24, 2.45) is 10.9 Å². The monoisotopic (exact) mass is 398 g/mol. The van der Waals surface area contributed by atoms with E-state index in [1.807, 2.05) is 59.5 Å². The predicted molar refractivity (Wildman–Crippen MR) is 114 cm³/mol. The van der Waals surface area contributed by atoms with E-state index in [1.165, 1.54) is 4.88 Å². The Bertz CT molecular complexity index is 1180. The number of hydrogen-bond acceptors (Lipinski definition) is 4. The summed E-state index contributed by atoms with van der Waals surface area (Å²) < 4.78 is 0. The van der Waals surface area contributed by atoms with E-state index in [0.29, 0.717) is 12.0 Å². The van der Waals surface area contributed by atoms with Crippen molar-refractivity contribution < 1.29 is 9.59 Å². The van der Waals surface area contributed by atoms with E-state index < -0.39 is 0 Å². The zero-order valence-corrected chi connectivity index (χ0v) is 16.4. The quantitative estimate of drug-likeness (QED) is 0.559. The minimum Gasteiger partial charge on any atom is -0.299 e. The van der Waals surface area contributed by atoms with Crippen molar-refractivity contribution >= 4 is 40.1 Å². The molecule has 1 aliphatic carbocycles. The first-order chi connectivity index (χ1) is 14.2. The van der Waals surface area contributed by atoms with Crippen molar-refractivity contribution in [3.05, 3.63) is 82.0 Å². The summed E-state index contributed by atoms with van der Waals surface area (Å²) in [4.78, 5) is 34.8. The molecular weight excluding hydrogens is 380 g/mol. The Balaban J connectivity index is 1.55. The Morgan fingerprint density at radius 3 is 2.62 bits per heavy atom. The third kappa shape index (κ3) is 2.40. The third-order valence-corrected chi connectivity index (χ3v) is 7.32. The molecule has 0 spiro atoms. The normalized spacial score (nSPS) is 24.9. The van der Waals surface area contributed by atoms with Crippen LogP contribution in [0.1, 0.15) is 45.6 Å². The molecule has 0 saturated heterocycles. The average molecular weight is 398 g/mol. The molecule has 0 radical (unpaired) electrons. The maximum absolute atomic E-state index is 13.5. The van der Waals surface area contributed by atoms with Gasteiger partial charge in [-0.3, -0.25) is 19.5 Å². The lowest BCUT2D eigenvalue weighted by Gasteiger charge is -2.34. The van der Waals surface area contributed by atoms with Gasteiger partial charge >= 0.3 is 0 Å². The van der Waals surface area contributed by atoms with E-state index in [1.54, 1.807) is 11.3 Å². The Labute approximate surface area is 172 Å². The number of benzene rings is 2. The molecule has 4 nitrogen and oxygen atoms in total. The number of Topliss-reactive ketones (excluding diaryl/α,β-unsaturated/α-hetero) is 1. The van der Waals surface area contributed by atoms with E-state index in [9.17, 15) is 9.59 Å². The molecule has 0 N–H and O–H groups in total. The van der Waals surface area contributed by atoms with Gasteiger partial charge in [0.05, 0.1) is 23.3 Å². The van der Waals surface area contributed by atoms with Crippen molar-refractivity contribution in [1.82, 2.24) is 0 Å². The molecule has 3 aromatic rings. The van der Waals surface area contributed by atoms with E-state index in [4.69, 9.17) is 4.99 Å². The minimum atomic E-state index is -0.383. The highest BCUT2D eigenvalue weighted by Gasteiger charge is 2.50. The lowest BCUT2D eigenvalue weighted by molar-refractivity contribution is -0.122. The molecule has 1 amide bonds. The van der Waals surface area contributed by atoms with Crippen LogP contribution >= 0.6 is 11.3 Å². The maximum Gasteiger partial charge on any atom is 0.259 e. The predicted octanol–water partition coefficient (Wildman–Crippen LogP) is 5.30. The first-order valence-corrected chi connectivity index (χ1v) is 10.8. The molecule has 2 aliphatic heterocycles. The maximum atomic E-state index is 13.5. The molecule has 29 heavy (non-hydrogen) atoms. The number of nitrogens with zero attached hydrogens (tertiary/aromatic N) is 2. The van der Waals surface area contributed by atoms with E-state index >= 15 is 0 Å². The zero-order valence-electron chi connectivity index (χ0n) is 15.6. The fourth-order valence-corrected chi connectivity index (χ4v) is 5.89. The summed E-state index contributed by atoms with van der Waals surface area (Å²) in [6, 6.07) is 19.3. The third-order valence-electron chi connectivity index (χ3n) is 6.28. The van der Waals surface area contributed by atoms with Gasteiger partial charge in [-0.25, -0.2) is 0 Å². The summed E-state index contributed by atoms with van der Waals surface area (Å²) >= 11 is 1.70. The summed E-state index contributed by atoms with van der Waals surface area (Å²) in [6.45, 7) is 0. The standard InChI is InChI=1S/C24H18N2O2S/c27-20-13-14(21-10-5-11-29-21)12-18-22(20)23-15-6-1-2-7-16(15)24(28)26(23)19-9-4-3-8-17(19)25-18/h1-11,14,22-23H,12-13H2/t14-,22-,23-/m1/s1. The highest BCUT2D eigenvalue weighted by atomic mass is 32.1. The molecule has 0 bridgehead atoms. The van der Waals surface area contributed by atoms with Crippen LogP contribution in [0.5, 0.6) is 0 Å². The van der Waals surface area contributed by atoms with Crippen LogP contribution in [0.15, 0.2) is 71.0 Å². The fourth-order valence-electron chi connectivity index (χ4n) is 5.06. The Hall–Kier alpha value is -3.05. The van der Waals surface area contributed by atoms with Crippen LogP contribution in [0.25, 0.3) is 0 Å². The molecule has 6 rings (SSSR count). The molecule has 142 valence electrons. The molecule has 5 heteroatoms. The van der Waals surface area contributed by atoms with Crippen LogP contribution in [-0.4, -0.2) is 17.4 Å². The van der Waals surface area contributed by atoms with E-state index in [2.05, 4.69) is 11.4 Å². The Morgan fingerprint density at radius 2 is 1.76 bits per heavy atom. The van der Waals surface area contributed by atoms with Gasteiger partial charge in [0.2, 0.25) is 0 Å². The number of rotatable bonds is 1. The summed E-state index contributed by atoms with van der Waals surface area (Å²) in [6.07, 6.45) is 1.26. The number of anilines is 1. The average Bonchev–Trinajstić information content (AvgIpc) is 3.33. The number of carbonyl (C=O) groups excluding carboxylic acids is 2. The van der Waals surface area contributed by atoms with Gasteiger partial charge in [-0.1, -0.05) is 36.4 Å². The first kappa shape index (κ1) is 16.9. The Morgan fingerprint density at radius 1 is 0.931 bits per heavy atom. The molecule has 0 unspecified atom stereocenters. The van der Waals surface area contributed by atoms with E-state index in [0.717, 1.165) is 29.1 Å². The van der Waals surface area contributed by atoms with Crippen LogP contribution in [0.2, 0.25) is 0 Å². The highest BCUT2D eigenvalue weighted by Crippen LogP contribution is 2.51. The Kier molecular flexibility index (Phi) is 3.62. The van der Waals surface area contributed by atoms with Gasteiger partial charge in [0, 0.05) is 28.5 Å². The van der Waals surface area contributed by atoms with Crippen LogP contribution in [0.3, 0.4) is 0 Å². The number of hydrogen-bond donors (Lipinski definition) is 0. The van der Waals surface area contributed by atoms with Gasteiger partial charge in [0.25, 0.3) is 5.91 Å². The van der Waals surface area contributed by atoms with Crippen molar-refractivity contribution in [3.63, 3.8) is 0 Å². The molecule has 2 aromatic carbocycles. The van der Waals surface area contributed by atoms with Crippen LogP contribution < -0.4 is 4.90 Å². The van der Waals surface area contributed by atoms with Crippen molar-refractivity contribution in [2.45, 2.75) is 24.8 Å². The SMILES string of the molecule is O=C1C[C@H](c2cccs2)CC2=Nc3ccccc3N3C(=O)c4ccccc4[C@@H]3[C@@H]12. The lowest BCUT2D eigenvalue weighted by atomic mass is 9.74. The summed E-state index contributed by atoms with van der Waals surface area (Å²) in [5, 5.41) is 2.06. The number of fused-ring (bicyclic) bond motifs is 7. The number of ketones is 1. The van der Waals surface area contributed by atoms with Gasteiger partial charge in [0.15, 0.2) is 0 Å². The second-order valence-electron chi connectivity index (χ2n) is 7.86.